The van der Waals surface area contributed by atoms with E-state index in [0.717, 1.165) is 45.5 Å². The number of likely N-dealkylation sites (N-methyl/N-ethyl adjacent to an activating group) is 1. The van der Waals surface area contributed by atoms with Crippen molar-refractivity contribution in [1.29, 1.82) is 0 Å². The van der Waals surface area contributed by atoms with Gasteiger partial charge in [0.2, 0.25) is 11.7 Å². The first-order valence-corrected chi connectivity index (χ1v) is 7.21. The van der Waals surface area contributed by atoms with Crippen molar-refractivity contribution in [3.8, 4) is 0 Å². The zero-order chi connectivity index (χ0) is 13.2. The van der Waals surface area contributed by atoms with E-state index >= 15 is 0 Å². The molecule has 2 heterocycles. The van der Waals surface area contributed by atoms with Crippen LogP contribution in [0.1, 0.15) is 49.9 Å². The van der Waals surface area contributed by atoms with Crippen LogP contribution in [0.2, 0.25) is 0 Å². The lowest BCUT2D eigenvalue weighted by Crippen LogP contribution is -2.38. The Hall–Kier alpha value is -0.980. The number of hydrogen-bond donors (Lipinski definition) is 1. The molecule has 1 aliphatic heterocycles. The van der Waals surface area contributed by atoms with Gasteiger partial charge >= 0.3 is 0 Å². The van der Waals surface area contributed by atoms with E-state index in [1.807, 2.05) is 0 Å². The van der Waals surface area contributed by atoms with Crippen molar-refractivity contribution in [3.63, 3.8) is 0 Å². The third kappa shape index (κ3) is 2.66. The van der Waals surface area contributed by atoms with E-state index in [2.05, 4.69) is 22.0 Å². The predicted octanol–water partition coefficient (Wildman–Crippen LogP) is 1.06. The molecule has 0 aromatic carbocycles. The third-order valence-corrected chi connectivity index (χ3v) is 4.23. The molecule has 19 heavy (non-hydrogen) atoms. The highest BCUT2D eigenvalue weighted by Gasteiger charge is 2.32. The second-order valence-electron chi connectivity index (χ2n) is 5.44. The molecule has 1 aliphatic carbocycles. The van der Waals surface area contributed by atoms with E-state index in [9.17, 15) is 0 Å². The minimum Gasteiger partial charge on any atom is -0.367 e. The molecule has 3 atom stereocenters. The minimum absolute atomic E-state index is 0.0659. The Labute approximate surface area is 113 Å². The second kappa shape index (κ2) is 5.56. The summed E-state index contributed by atoms with van der Waals surface area (Å²) in [6.07, 6.45) is 3.18. The van der Waals surface area contributed by atoms with Gasteiger partial charge in [-0.05, 0) is 19.4 Å². The van der Waals surface area contributed by atoms with Gasteiger partial charge in [-0.3, -0.25) is 4.90 Å². The Balaban J connectivity index is 1.70. The van der Waals surface area contributed by atoms with Crippen molar-refractivity contribution in [2.45, 2.75) is 44.2 Å². The van der Waals surface area contributed by atoms with Gasteiger partial charge in [0.15, 0.2) is 0 Å². The average molecular weight is 266 g/mol. The molecule has 3 rings (SSSR count). The van der Waals surface area contributed by atoms with Crippen molar-refractivity contribution >= 4 is 0 Å². The highest BCUT2D eigenvalue weighted by atomic mass is 16.5. The highest BCUT2D eigenvalue weighted by molar-refractivity contribution is 5.03. The number of hydrogen-bond acceptors (Lipinski definition) is 6. The van der Waals surface area contributed by atoms with Crippen LogP contribution in [0.15, 0.2) is 4.52 Å². The van der Waals surface area contributed by atoms with Crippen LogP contribution >= 0.6 is 0 Å². The van der Waals surface area contributed by atoms with E-state index in [0.29, 0.717) is 11.7 Å². The topological polar surface area (TPSA) is 77.4 Å². The molecule has 0 amide bonds. The number of nitrogens with zero attached hydrogens (tertiary/aromatic N) is 3. The number of aromatic nitrogens is 2. The summed E-state index contributed by atoms with van der Waals surface area (Å²) in [5.41, 5.74) is 6.08. The Kier molecular flexibility index (Phi) is 3.81. The van der Waals surface area contributed by atoms with Crippen LogP contribution in [0.5, 0.6) is 0 Å². The van der Waals surface area contributed by atoms with Crippen LogP contribution in [0, 0.1) is 0 Å². The van der Waals surface area contributed by atoms with Gasteiger partial charge in [-0.1, -0.05) is 18.5 Å². The summed E-state index contributed by atoms with van der Waals surface area (Å²) in [5, 5.41) is 4.09. The summed E-state index contributed by atoms with van der Waals surface area (Å²) < 4.78 is 11.1. The molecule has 6 heteroatoms. The van der Waals surface area contributed by atoms with Crippen molar-refractivity contribution in [2.75, 3.05) is 26.2 Å². The summed E-state index contributed by atoms with van der Waals surface area (Å²) in [6.45, 7) is 5.72. The quantitative estimate of drug-likeness (QED) is 0.881. The van der Waals surface area contributed by atoms with Gasteiger partial charge in [0, 0.05) is 19.1 Å². The lowest BCUT2D eigenvalue weighted by Gasteiger charge is -2.30. The summed E-state index contributed by atoms with van der Waals surface area (Å²) in [5.74, 6) is 1.59. The van der Waals surface area contributed by atoms with Gasteiger partial charge in [-0.2, -0.15) is 4.98 Å². The molecule has 1 aromatic heterocycles. The fourth-order valence-electron chi connectivity index (χ4n) is 2.97. The first-order chi connectivity index (χ1) is 9.28. The summed E-state index contributed by atoms with van der Waals surface area (Å²) >= 11 is 0. The normalized spacial score (nSPS) is 32.8. The lowest BCUT2D eigenvalue weighted by atomic mass is 10.1. The Bertz CT molecular complexity index is 423. The summed E-state index contributed by atoms with van der Waals surface area (Å²) in [4.78, 5) is 6.86. The Morgan fingerprint density at radius 1 is 1.42 bits per heavy atom. The van der Waals surface area contributed by atoms with Crippen LogP contribution in [0.4, 0.5) is 0 Å². The van der Waals surface area contributed by atoms with E-state index in [-0.39, 0.29) is 18.1 Å². The molecule has 1 saturated heterocycles. The Morgan fingerprint density at radius 3 is 3.05 bits per heavy atom. The van der Waals surface area contributed by atoms with Crippen molar-refractivity contribution in [2.24, 2.45) is 5.73 Å². The van der Waals surface area contributed by atoms with Gasteiger partial charge in [0.25, 0.3) is 0 Å². The first kappa shape index (κ1) is 13.0. The summed E-state index contributed by atoms with van der Waals surface area (Å²) in [7, 11) is 0. The van der Waals surface area contributed by atoms with Gasteiger partial charge in [0.1, 0.15) is 6.10 Å². The predicted molar refractivity (Wildman–Crippen MR) is 69.7 cm³/mol. The smallest absolute Gasteiger partial charge is 0.231 e. The highest BCUT2D eigenvalue weighted by Crippen LogP contribution is 2.33. The number of rotatable bonds is 3. The molecule has 6 nitrogen and oxygen atoms in total. The third-order valence-electron chi connectivity index (χ3n) is 4.23. The lowest BCUT2D eigenvalue weighted by molar-refractivity contribution is -0.0334. The molecular formula is C13H22N4O2. The van der Waals surface area contributed by atoms with E-state index < -0.39 is 0 Å². The molecule has 0 spiro atoms. The molecule has 1 saturated carbocycles. The maximum absolute atomic E-state index is 6.08. The molecule has 1 aromatic rings. The first-order valence-electron chi connectivity index (χ1n) is 7.21. The van der Waals surface area contributed by atoms with Crippen LogP contribution in [0.25, 0.3) is 0 Å². The minimum atomic E-state index is -0.0659. The van der Waals surface area contributed by atoms with Crippen molar-refractivity contribution < 1.29 is 9.26 Å². The van der Waals surface area contributed by atoms with Gasteiger partial charge in [0.05, 0.1) is 12.5 Å². The zero-order valence-corrected chi connectivity index (χ0v) is 11.4. The SMILES string of the molecule is CCN1CCOC(c2noc(C3CCCC3N)n2)C1. The van der Waals surface area contributed by atoms with E-state index in [1.165, 1.54) is 0 Å². The van der Waals surface area contributed by atoms with Gasteiger partial charge in [-0.25, -0.2) is 0 Å². The molecule has 0 bridgehead atoms. The maximum Gasteiger partial charge on any atom is 0.231 e. The molecule has 2 N–H and O–H groups in total. The molecule has 0 radical (unpaired) electrons. The van der Waals surface area contributed by atoms with Crippen LogP contribution in [-0.2, 0) is 4.74 Å². The molecule has 2 aliphatic rings. The van der Waals surface area contributed by atoms with Crippen LogP contribution < -0.4 is 5.73 Å². The zero-order valence-electron chi connectivity index (χ0n) is 11.4. The maximum atomic E-state index is 6.08. The summed E-state index contributed by atoms with van der Waals surface area (Å²) in [6, 6.07) is 0.160. The number of morpholine rings is 1. The van der Waals surface area contributed by atoms with E-state index in [1.54, 1.807) is 0 Å². The number of ether oxygens (including phenoxy) is 1. The van der Waals surface area contributed by atoms with Gasteiger partial charge < -0.3 is 15.0 Å². The Morgan fingerprint density at radius 2 is 2.32 bits per heavy atom. The largest absolute Gasteiger partial charge is 0.367 e. The van der Waals surface area contributed by atoms with E-state index in [4.69, 9.17) is 15.0 Å². The van der Waals surface area contributed by atoms with Crippen LogP contribution in [0.3, 0.4) is 0 Å². The van der Waals surface area contributed by atoms with Crippen molar-refractivity contribution in [3.05, 3.63) is 11.7 Å². The molecule has 2 fully saturated rings. The fraction of sp³-hybridized carbons (Fsp3) is 0.846. The number of nitrogens with two attached hydrogens (primary N) is 1. The van der Waals surface area contributed by atoms with Crippen molar-refractivity contribution in [1.82, 2.24) is 15.0 Å². The molecule has 106 valence electrons. The second-order valence-corrected chi connectivity index (χ2v) is 5.44. The van der Waals surface area contributed by atoms with Crippen LogP contribution in [-0.4, -0.2) is 47.3 Å². The fourth-order valence-corrected chi connectivity index (χ4v) is 2.97. The average Bonchev–Trinajstić information content (AvgIpc) is 3.07. The monoisotopic (exact) mass is 266 g/mol. The van der Waals surface area contributed by atoms with Gasteiger partial charge in [-0.15, -0.1) is 0 Å². The molecular weight excluding hydrogens is 244 g/mol. The standard InChI is InChI=1S/C13H22N4O2/c1-2-17-6-7-18-11(8-17)12-15-13(19-16-12)9-4-3-5-10(9)14/h9-11H,2-8,14H2,1H3. The molecule has 3 unspecified atom stereocenters.